The van der Waals surface area contributed by atoms with Crippen LogP contribution in [0.1, 0.15) is 37.1 Å². The second-order valence-corrected chi connectivity index (χ2v) is 5.44. The molecule has 1 saturated carbocycles. The van der Waals surface area contributed by atoms with Crippen LogP contribution >= 0.6 is 0 Å². The average Bonchev–Trinajstić information content (AvgIpc) is 2.96. The highest BCUT2D eigenvalue weighted by Gasteiger charge is 2.28. The number of aliphatic carboxylic acids is 1. The van der Waals surface area contributed by atoms with Gasteiger partial charge in [-0.05, 0) is 32.8 Å². The van der Waals surface area contributed by atoms with Gasteiger partial charge in [-0.2, -0.15) is 5.10 Å². The highest BCUT2D eigenvalue weighted by molar-refractivity contribution is 5.81. The quantitative estimate of drug-likeness (QED) is 0.883. The van der Waals surface area contributed by atoms with Gasteiger partial charge in [0.05, 0.1) is 5.69 Å². The predicted molar refractivity (Wildman–Crippen MR) is 73.3 cm³/mol. The number of rotatable bonds is 5. The van der Waals surface area contributed by atoms with E-state index in [1.807, 2.05) is 19.9 Å². The van der Waals surface area contributed by atoms with Crippen molar-refractivity contribution in [2.75, 3.05) is 6.54 Å². The number of aryl methyl sites for hydroxylation is 2. The molecule has 110 valence electrons. The van der Waals surface area contributed by atoms with Crippen molar-refractivity contribution in [1.29, 1.82) is 0 Å². The van der Waals surface area contributed by atoms with Crippen molar-refractivity contribution < 1.29 is 14.7 Å². The summed E-state index contributed by atoms with van der Waals surface area (Å²) in [4.78, 5) is 24.9. The first kappa shape index (κ1) is 14.6. The predicted octanol–water partition coefficient (Wildman–Crippen LogP) is 1.36. The van der Waals surface area contributed by atoms with Crippen LogP contribution in [0, 0.1) is 13.8 Å². The summed E-state index contributed by atoms with van der Waals surface area (Å²) in [6.07, 6.45) is 3.92. The third kappa shape index (κ3) is 3.37. The van der Waals surface area contributed by atoms with Gasteiger partial charge >= 0.3 is 5.97 Å². The first-order valence-electron chi connectivity index (χ1n) is 6.99. The lowest BCUT2D eigenvalue weighted by Crippen LogP contribution is -2.44. The molecule has 2 rings (SSSR count). The number of hydrogen-bond acceptors (Lipinski definition) is 3. The molecule has 1 heterocycles. The van der Waals surface area contributed by atoms with Gasteiger partial charge in [0.25, 0.3) is 0 Å². The van der Waals surface area contributed by atoms with Gasteiger partial charge in [-0.25, -0.2) is 0 Å². The van der Waals surface area contributed by atoms with E-state index in [9.17, 15) is 9.59 Å². The van der Waals surface area contributed by atoms with Crippen LogP contribution in [0.5, 0.6) is 0 Å². The van der Waals surface area contributed by atoms with Gasteiger partial charge in [-0.15, -0.1) is 0 Å². The van der Waals surface area contributed by atoms with Crippen molar-refractivity contribution in [3.63, 3.8) is 0 Å². The Hall–Kier alpha value is -1.85. The summed E-state index contributed by atoms with van der Waals surface area (Å²) in [6.45, 7) is 3.66. The Morgan fingerprint density at radius 1 is 1.40 bits per heavy atom. The van der Waals surface area contributed by atoms with E-state index < -0.39 is 5.97 Å². The molecule has 0 spiro atoms. The molecule has 6 nitrogen and oxygen atoms in total. The Kier molecular flexibility index (Phi) is 4.42. The highest BCUT2D eigenvalue weighted by atomic mass is 16.4. The molecule has 0 radical (unpaired) electrons. The normalized spacial score (nSPS) is 15.5. The molecule has 1 aliphatic carbocycles. The summed E-state index contributed by atoms with van der Waals surface area (Å²) in [5.41, 5.74) is 1.78. The number of amides is 1. The van der Waals surface area contributed by atoms with E-state index in [0.29, 0.717) is 0 Å². The van der Waals surface area contributed by atoms with E-state index in [4.69, 9.17) is 5.11 Å². The smallest absolute Gasteiger partial charge is 0.323 e. The van der Waals surface area contributed by atoms with Crippen molar-refractivity contribution in [3.8, 4) is 0 Å². The Morgan fingerprint density at radius 2 is 2.05 bits per heavy atom. The van der Waals surface area contributed by atoms with Crippen LogP contribution in [0.15, 0.2) is 6.07 Å². The maximum absolute atomic E-state index is 12.4. The third-order valence-corrected chi connectivity index (χ3v) is 3.78. The lowest BCUT2D eigenvalue weighted by atomic mass is 10.2. The van der Waals surface area contributed by atoms with E-state index in [1.54, 1.807) is 4.68 Å². The lowest BCUT2D eigenvalue weighted by Gasteiger charge is -2.27. The fourth-order valence-corrected chi connectivity index (χ4v) is 2.84. The molecule has 1 fully saturated rings. The summed E-state index contributed by atoms with van der Waals surface area (Å²) < 4.78 is 1.64. The molecule has 1 N–H and O–H groups in total. The molecule has 1 aliphatic rings. The second-order valence-electron chi connectivity index (χ2n) is 5.44. The van der Waals surface area contributed by atoms with Crippen LogP contribution in [0.25, 0.3) is 0 Å². The molecule has 0 atom stereocenters. The molecule has 1 amide bonds. The maximum atomic E-state index is 12.4. The van der Waals surface area contributed by atoms with Crippen LogP contribution in [0.4, 0.5) is 0 Å². The van der Waals surface area contributed by atoms with Crippen molar-refractivity contribution in [2.45, 2.75) is 52.1 Å². The molecular weight excluding hydrogens is 258 g/mol. The number of carbonyl (C=O) groups excluding carboxylic acids is 1. The van der Waals surface area contributed by atoms with Gasteiger partial charge in [0.15, 0.2) is 0 Å². The first-order chi connectivity index (χ1) is 9.47. The zero-order valence-electron chi connectivity index (χ0n) is 12.0. The molecule has 0 unspecified atom stereocenters. The monoisotopic (exact) mass is 279 g/mol. The Morgan fingerprint density at radius 3 is 2.55 bits per heavy atom. The number of aromatic nitrogens is 2. The number of carboxylic acids is 1. The number of hydrogen-bond donors (Lipinski definition) is 1. The van der Waals surface area contributed by atoms with Crippen molar-refractivity contribution in [2.24, 2.45) is 0 Å². The van der Waals surface area contributed by atoms with Crippen molar-refractivity contribution in [3.05, 3.63) is 17.5 Å². The fourth-order valence-electron chi connectivity index (χ4n) is 2.84. The van der Waals surface area contributed by atoms with E-state index >= 15 is 0 Å². The van der Waals surface area contributed by atoms with Crippen molar-refractivity contribution >= 4 is 11.9 Å². The van der Waals surface area contributed by atoms with Gasteiger partial charge in [0.1, 0.15) is 13.1 Å². The van der Waals surface area contributed by atoms with Crippen LogP contribution in [-0.2, 0) is 16.1 Å². The first-order valence-corrected chi connectivity index (χ1v) is 6.99. The van der Waals surface area contributed by atoms with Crippen LogP contribution in [0.2, 0.25) is 0 Å². The summed E-state index contributed by atoms with van der Waals surface area (Å²) in [5, 5.41) is 13.3. The summed E-state index contributed by atoms with van der Waals surface area (Å²) >= 11 is 0. The minimum absolute atomic E-state index is 0.0653. The second kappa shape index (κ2) is 6.07. The van der Waals surface area contributed by atoms with E-state index in [0.717, 1.165) is 37.1 Å². The molecule has 1 aromatic heterocycles. The molecule has 0 bridgehead atoms. The van der Waals surface area contributed by atoms with Crippen LogP contribution in [0.3, 0.4) is 0 Å². The molecular formula is C14H21N3O3. The standard InChI is InChI=1S/C14H21N3O3/c1-10-7-11(2)17(15-10)8-13(18)16(9-14(19)20)12-5-3-4-6-12/h7,12H,3-6,8-9H2,1-2H3,(H,19,20). The molecule has 6 heteroatoms. The van der Waals surface area contributed by atoms with Crippen LogP contribution in [-0.4, -0.2) is 44.3 Å². The summed E-state index contributed by atoms with van der Waals surface area (Å²) in [6, 6.07) is 1.97. The Bertz CT molecular complexity index is 504. The summed E-state index contributed by atoms with van der Waals surface area (Å²) in [7, 11) is 0. The molecule has 20 heavy (non-hydrogen) atoms. The minimum Gasteiger partial charge on any atom is -0.480 e. The third-order valence-electron chi connectivity index (χ3n) is 3.78. The zero-order chi connectivity index (χ0) is 14.7. The zero-order valence-corrected chi connectivity index (χ0v) is 12.0. The number of carbonyl (C=O) groups is 2. The molecule has 0 aliphatic heterocycles. The average molecular weight is 279 g/mol. The van der Waals surface area contributed by atoms with Gasteiger partial charge in [-0.1, -0.05) is 12.8 Å². The van der Waals surface area contributed by atoms with Crippen molar-refractivity contribution in [1.82, 2.24) is 14.7 Å². The molecule has 0 aromatic carbocycles. The van der Waals surface area contributed by atoms with E-state index in [2.05, 4.69) is 5.10 Å². The number of nitrogens with zero attached hydrogens (tertiary/aromatic N) is 3. The van der Waals surface area contributed by atoms with Gasteiger partial charge in [0.2, 0.25) is 5.91 Å². The topological polar surface area (TPSA) is 75.4 Å². The fraction of sp³-hybridized carbons (Fsp3) is 0.643. The SMILES string of the molecule is Cc1cc(C)n(CC(=O)N(CC(=O)O)C2CCCC2)n1. The molecule has 0 saturated heterocycles. The van der Waals surface area contributed by atoms with Crippen LogP contribution < -0.4 is 0 Å². The Labute approximate surface area is 118 Å². The van der Waals surface area contributed by atoms with Gasteiger partial charge < -0.3 is 10.0 Å². The van der Waals surface area contributed by atoms with Gasteiger partial charge in [-0.3, -0.25) is 14.3 Å². The largest absolute Gasteiger partial charge is 0.480 e. The summed E-state index contributed by atoms with van der Waals surface area (Å²) in [5.74, 6) is -1.12. The molecule has 1 aromatic rings. The number of carboxylic acid groups (broad SMARTS) is 1. The lowest BCUT2D eigenvalue weighted by molar-refractivity contribution is -0.146. The van der Waals surface area contributed by atoms with Gasteiger partial charge in [0, 0.05) is 11.7 Å². The minimum atomic E-state index is -0.960. The maximum Gasteiger partial charge on any atom is 0.323 e. The van der Waals surface area contributed by atoms with E-state index in [-0.39, 0.29) is 25.0 Å². The highest BCUT2D eigenvalue weighted by Crippen LogP contribution is 2.23. The Balaban J connectivity index is 2.09. The van der Waals surface area contributed by atoms with E-state index in [1.165, 1.54) is 4.90 Å².